The molecule has 6 nitrogen and oxygen atoms in total. The molecule has 1 amide bonds. The summed E-state index contributed by atoms with van der Waals surface area (Å²) in [6, 6.07) is 18.3. The Morgan fingerprint density at radius 1 is 1.10 bits per heavy atom. The van der Waals surface area contributed by atoms with Crippen molar-refractivity contribution in [3.05, 3.63) is 95.5 Å². The van der Waals surface area contributed by atoms with E-state index in [-0.39, 0.29) is 11.9 Å². The molecular formula is C24H23N5OS. The van der Waals surface area contributed by atoms with Crippen LogP contribution in [0, 0.1) is 0 Å². The number of anilines is 2. The van der Waals surface area contributed by atoms with Crippen LogP contribution in [0.2, 0.25) is 0 Å². The summed E-state index contributed by atoms with van der Waals surface area (Å²) in [5.41, 5.74) is 3.95. The maximum atomic E-state index is 12.9. The first kappa shape index (κ1) is 19.5. The number of para-hydroxylation sites is 1. The Bertz CT molecular complexity index is 1150. The van der Waals surface area contributed by atoms with Crippen LogP contribution in [0.5, 0.6) is 0 Å². The Balaban J connectivity index is 1.29. The molecule has 0 radical (unpaired) electrons. The minimum Gasteiger partial charge on any atom is -0.363 e. The molecule has 31 heavy (non-hydrogen) atoms. The minimum atomic E-state index is -0.147. The van der Waals surface area contributed by atoms with Gasteiger partial charge in [0.05, 0.1) is 11.7 Å². The molecule has 1 aliphatic heterocycles. The maximum Gasteiger partial charge on any atom is 0.274 e. The standard InChI is InChI=1S/C24H23N5OS/c30-23(22-9-4-14-28(22)16-18-10-12-25-13-11-18)27-24-26-20(17-31-24)21-8-5-15-29(21)19-6-2-1-3-7-19/h1-4,6-7,9-14,17,21H,5,8,15-16H2,(H,26,27,30)/t21-/m1/s1. The summed E-state index contributed by atoms with van der Waals surface area (Å²) in [6.07, 6.45) is 7.65. The SMILES string of the molecule is O=C(Nc1nc([C@H]2CCCN2c2ccccc2)cs1)c1cccn1Cc1ccncc1. The molecule has 5 rings (SSSR count). The van der Waals surface area contributed by atoms with Gasteiger partial charge in [0, 0.05) is 42.7 Å². The van der Waals surface area contributed by atoms with Crippen molar-refractivity contribution in [2.24, 2.45) is 0 Å². The number of carbonyl (C=O) groups excluding carboxylic acids is 1. The maximum absolute atomic E-state index is 12.9. The highest BCUT2D eigenvalue weighted by atomic mass is 32.1. The van der Waals surface area contributed by atoms with Crippen LogP contribution in [-0.4, -0.2) is 27.0 Å². The zero-order chi connectivity index (χ0) is 21.0. The van der Waals surface area contributed by atoms with Gasteiger partial charge >= 0.3 is 0 Å². The van der Waals surface area contributed by atoms with Gasteiger partial charge in [-0.1, -0.05) is 18.2 Å². The Labute approximate surface area is 185 Å². The number of nitrogens with zero attached hydrogens (tertiary/aromatic N) is 4. The second kappa shape index (κ2) is 8.73. The van der Waals surface area contributed by atoms with Gasteiger partial charge in [0.1, 0.15) is 5.69 Å². The highest BCUT2D eigenvalue weighted by Gasteiger charge is 2.28. The average molecular weight is 430 g/mol. The molecule has 156 valence electrons. The van der Waals surface area contributed by atoms with Crippen molar-refractivity contribution in [2.75, 3.05) is 16.8 Å². The van der Waals surface area contributed by atoms with E-state index in [1.165, 1.54) is 17.0 Å². The fraction of sp³-hybridized carbons (Fsp3) is 0.208. The van der Waals surface area contributed by atoms with Gasteiger partial charge in [-0.2, -0.15) is 0 Å². The van der Waals surface area contributed by atoms with Crippen LogP contribution in [0.25, 0.3) is 0 Å². The molecule has 1 saturated heterocycles. The van der Waals surface area contributed by atoms with Crippen molar-refractivity contribution in [2.45, 2.75) is 25.4 Å². The molecule has 0 aliphatic carbocycles. The van der Waals surface area contributed by atoms with Crippen LogP contribution in [-0.2, 0) is 6.54 Å². The number of pyridine rings is 1. The predicted octanol–water partition coefficient (Wildman–Crippen LogP) is 4.98. The summed E-state index contributed by atoms with van der Waals surface area (Å²) in [4.78, 5) is 24.1. The van der Waals surface area contributed by atoms with Gasteiger partial charge in [-0.15, -0.1) is 11.3 Å². The van der Waals surface area contributed by atoms with E-state index < -0.39 is 0 Å². The number of carbonyl (C=O) groups is 1. The van der Waals surface area contributed by atoms with Crippen molar-refractivity contribution < 1.29 is 4.79 Å². The number of nitrogens with one attached hydrogen (secondary N) is 1. The lowest BCUT2D eigenvalue weighted by molar-refractivity contribution is 0.101. The molecule has 1 aliphatic rings. The third kappa shape index (κ3) is 4.22. The molecule has 0 saturated carbocycles. The first-order chi connectivity index (χ1) is 15.3. The zero-order valence-electron chi connectivity index (χ0n) is 17.0. The van der Waals surface area contributed by atoms with Gasteiger partial charge < -0.3 is 9.47 Å². The van der Waals surface area contributed by atoms with Gasteiger partial charge in [0.15, 0.2) is 5.13 Å². The quantitative estimate of drug-likeness (QED) is 0.469. The van der Waals surface area contributed by atoms with E-state index in [2.05, 4.69) is 44.8 Å². The van der Waals surface area contributed by atoms with Crippen LogP contribution in [0.15, 0.2) is 78.6 Å². The van der Waals surface area contributed by atoms with Gasteiger partial charge in [0.25, 0.3) is 5.91 Å². The van der Waals surface area contributed by atoms with E-state index in [0.29, 0.717) is 17.4 Å². The van der Waals surface area contributed by atoms with Crippen molar-refractivity contribution in [1.29, 1.82) is 0 Å². The molecule has 0 spiro atoms. The number of benzene rings is 1. The van der Waals surface area contributed by atoms with Crippen LogP contribution in [0.1, 0.15) is 40.6 Å². The highest BCUT2D eigenvalue weighted by molar-refractivity contribution is 7.14. The van der Waals surface area contributed by atoms with Gasteiger partial charge in [-0.05, 0) is 54.8 Å². The van der Waals surface area contributed by atoms with Crippen molar-refractivity contribution in [1.82, 2.24) is 14.5 Å². The molecule has 3 aromatic heterocycles. The normalized spacial score (nSPS) is 15.9. The topological polar surface area (TPSA) is 63.1 Å². The fourth-order valence-electron chi connectivity index (χ4n) is 4.10. The lowest BCUT2D eigenvalue weighted by Gasteiger charge is -2.25. The highest BCUT2D eigenvalue weighted by Crippen LogP contribution is 2.37. The molecule has 4 aromatic rings. The third-order valence-corrected chi connectivity index (χ3v) is 6.36. The number of amides is 1. The molecular weight excluding hydrogens is 406 g/mol. The molecule has 0 bridgehead atoms. The van der Waals surface area contributed by atoms with Crippen molar-refractivity contribution in [3.63, 3.8) is 0 Å². The number of hydrogen-bond donors (Lipinski definition) is 1. The van der Waals surface area contributed by atoms with E-state index in [9.17, 15) is 4.79 Å². The summed E-state index contributed by atoms with van der Waals surface area (Å²) < 4.78 is 1.94. The average Bonchev–Trinajstić information content (AvgIpc) is 3.56. The van der Waals surface area contributed by atoms with Gasteiger partial charge in [0.2, 0.25) is 0 Å². The number of thiazole rings is 1. The molecule has 1 fully saturated rings. The van der Waals surface area contributed by atoms with Crippen LogP contribution >= 0.6 is 11.3 Å². The van der Waals surface area contributed by atoms with Crippen LogP contribution in [0.3, 0.4) is 0 Å². The van der Waals surface area contributed by atoms with Gasteiger partial charge in [-0.3, -0.25) is 15.1 Å². The monoisotopic (exact) mass is 429 g/mol. The lowest BCUT2D eigenvalue weighted by Crippen LogP contribution is -2.22. The van der Waals surface area contributed by atoms with Crippen molar-refractivity contribution in [3.8, 4) is 0 Å². The summed E-state index contributed by atoms with van der Waals surface area (Å²) in [7, 11) is 0. The Kier molecular flexibility index (Phi) is 5.50. The van der Waals surface area contributed by atoms with E-state index >= 15 is 0 Å². The van der Waals surface area contributed by atoms with E-state index in [1.807, 2.05) is 41.1 Å². The second-order valence-electron chi connectivity index (χ2n) is 7.60. The first-order valence-electron chi connectivity index (χ1n) is 10.4. The van der Waals surface area contributed by atoms with E-state index in [4.69, 9.17) is 4.98 Å². The summed E-state index contributed by atoms with van der Waals surface area (Å²) in [6.45, 7) is 1.64. The molecule has 7 heteroatoms. The Morgan fingerprint density at radius 3 is 2.77 bits per heavy atom. The fourth-order valence-corrected chi connectivity index (χ4v) is 4.86. The summed E-state index contributed by atoms with van der Waals surface area (Å²) >= 11 is 1.48. The minimum absolute atomic E-state index is 0.147. The molecule has 1 N–H and O–H groups in total. The second-order valence-corrected chi connectivity index (χ2v) is 8.45. The zero-order valence-corrected chi connectivity index (χ0v) is 17.8. The Morgan fingerprint density at radius 2 is 1.94 bits per heavy atom. The molecule has 0 unspecified atom stereocenters. The largest absolute Gasteiger partial charge is 0.363 e. The van der Waals surface area contributed by atoms with Crippen LogP contribution in [0.4, 0.5) is 10.8 Å². The van der Waals surface area contributed by atoms with Crippen molar-refractivity contribution >= 4 is 28.1 Å². The smallest absolute Gasteiger partial charge is 0.274 e. The Hall–Kier alpha value is -3.45. The molecule has 1 atom stereocenters. The van der Waals surface area contributed by atoms with E-state index in [0.717, 1.165) is 30.6 Å². The molecule has 1 aromatic carbocycles. The first-order valence-corrected chi connectivity index (χ1v) is 11.3. The number of hydrogen-bond acceptors (Lipinski definition) is 5. The van der Waals surface area contributed by atoms with Crippen LogP contribution < -0.4 is 10.2 Å². The lowest BCUT2D eigenvalue weighted by atomic mass is 10.1. The summed E-state index contributed by atoms with van der Waals surface area (Å²) in [5, 5.41) is 5.69. The van der Waals surface area contributed by atoms with E-state index in [1.54, 1.807) is 12.4 Å². The number of rotatable bonds is 6. The molecule has 4 heterocycles. The number of aromatic nitrogens is 3. The summed E-state index contributed by atoms with van der Waals surface area (Å²) in [5.74, 6) is -0.147. The predicted molar refractivity (Wildman–Crippen MR) is 124 cm³/mol. The third-order valence-electron chi connectivity index (χ3n) is 5.59. The van der Waals surface area contributed by atoms with Gasteiger partial charge in [-0.25, -0.2) is 4.98 Å².